The predicted molar refractivity (Wildman–Crippen MR) is 45.5 cm³/mol. The molecule has 0 aromatic rings. The van der Waals surface area contributed by atoms with Crippen LogP contribution in [-0.4, -0.2) is 40.0 Å². The molecule has 0 aliphatic heterocycles. The van der Waals surface area contributed by atoms with E-state index in [4.69, 9.17) is 20.1 Å². The van der Waals surface area contributed by atoms with Crippen LogP contribution >= 0.6 is 0 Å². The summed E-state index contributed by atoms with van der Waals surface area (Å²) in [5.41, 5.74) is 4.49. The normalized spacial score (nSPS) is 6.36. The molecule has 14 heavy (non-hydrogen) atoms. The fourth-order valence-electron chi connectivity index (χ4n) is 0.177. The van der Waals surface area contributed by atoms with E-state index in [1.54, 1.807) is 5.32 Å². The summed E-state index contributed by atoms with van der Waals surface area (Å²) in [6.07, 6.45) is -1.83. The maximum absolute atomic E-state index is 9.96. The molecular weight excluding hydrogens is 200 g/mol. The second kappa shape index (κ2) is 13.7. The van der Waals surface area contributed by atoms with Crippen LogP contribution in [-0.2, 0) is 4.79 Å². The third kappa shape index (κ3) is 49.8. The van der Waals surface area contributed by atoms with Gasteiger partial charge in [0.1, 0.15) is 6.61 Å². The lowest BCUT2D eigenvalue weighted by molar-refractivity contribution is -0.122. The zero-order valence-electron chi connectivity index (χ0n) is 7.27. The molecule has 0 fully saturated rings. The number of rotatable bonds is 1. The molecule has 0 heterocycles. The van der Waals surface area contributed by atoms with Crippen LogP contribution in [0.25, 0.3) is 0 Å². The van der Waals surface area contributed by atoms with E-state index in [-0.39, 0.29) is 12.3 Å². The number of primary amides is 1. The van der Waals surface area contributed by atoms with Gasteiger partial charge in [-0.2, -0.15) is 0 Å². The molecule has 0 aromatic heterocycles. The lowest BCUT2D eigenvalue weighted by Gasteiger charge is -1.92. The van der Waals surface area contributed by atoms with Crippen molar-refractivity contribution in [2.24, 2.45) is 5.73 Å². The van der Waals surface area contributed by atoms with E-state index in [1.807, 2.05) is 0 Å². The second-order valence-corrected chi connectivity index (χ2v) is 1.35. The van der Waals surface area contributed by atoms with Crippen molar-refractivity contribution in [2.45, 2.75) is 0 Å². The molecule has 0 rings (SSSR count). The Morgan fingerprint density at radius 1 is 1.14 bits per heavy atom. The molecule has 0 bridgehead atoms. The van der Waals surface area contributed by atoms with Crippen LogP contribution in [0.5, 0.6) is 0 Å². The first-order chi connectivity index (χ1) is 5.40. The molecule has 0 aliphatic rings. The highest BCUT2D eigenvalue weighted by Gasteiger charge is 1.98. The molecule has 0 radical (unpaired) electrons. The van der Waals surface area contributed by atoms with E-state index in [9.17, 15) is 9.59 Å². The van der Waals surface area contributed by atoms with E-state index >= 15 is 0 Å². The van der Waals surface area contributed by atoms with Crippen LogP contribution in [0.2, 0.25) is 0 Å². The molecule has 0 saturated carbocycles. The zero-order valence-corrected chi connectivity index (χ0v) is 7.27. The largest absolute Gasteiger partial charge is 0.503 e. The third-order valence-corrected chi connectivity index (χ3v) is 0.406. The molecule has 0 atom stereocenters. The molecule has 0 aliphatic carbocycles. The van der Waals surface area contributed by atoms with Crippen LogP contribution in [0.15, 0.2) is 0 Å². The SMILES string of the molecule is N.N.NC(=O)NC(=O)CO.O=C(O)O. The molecule has 10 nitrogen and oxygen atoms in total. The molecule has 0 unspecified atom stereocenters. The monoisotopic (exact) mass is 214 g/mol. The molecule has 0 saturated heterocycles. The van der Waals surface area contributed by atoms with Gasteiger partial charge in [0.2, 0.25) is 0 Å². The molecule has 12 N–H and O–H groups in total. The number of nitrogens with two attached hydrogens (primary N) is 1. The average Bonchev–Trinajstić information content (AvgIpc) is 1.84. The Bertz CT molecular complexity index is 179. The molecule has 86 valence electrons. The van der Waals surface area contributed by atoms with Crippen molar-refractivity contribution < 1.29 is 29.7 Å². The Balaban J connectivity index is -0.0000000733. The van der Waals surface area contributed by atoms with Gasteiger partial charge in [-0.15, -0.1) is 0 Å². The van der Waals surface area contributed by atoms with Gasteiger partial charge < -0.3 is 33.4 Å². The number of amides is 3. The number of carbonyl (C=O) groups excluding carboxylic acids is 2. The van der Waals surface area contributed by atoms with Crippen LogP contribution < -0.4 is 23.4 Å². The van der Waals surface area contributed by atoms with Crippen molar-refractivity contribution in [1.82, 2.24) is 17.6 Å². The molecule has 3 amide bonds. The Kier molecular flexibility index (Phi) is 22.2. The number of hydrogen-bond donors (Lipinski definition) is 7. The standard InChI is InChI=1S/C3H6N2O3.CH2O3.2H3N/c4-3(8)5-2(7)1-6;2-1(3)4;;/h6H,1H2,(H3,4,5,7,8);(H2,2,3,4);2*1H3. The third-order valence-electron chi connectivity index (χ3n) is 0.406. The average molecular weight is 214 g/mol. The predicted octanol–water partition coefficient (Wildman–Crippen LogP) is -1.28. The summed E-state index contributed by atoms with van der Waals surface area (Å²) in [6, 6.07) is -0.955. The van der Waals surface area contributed by atoms with E-state index in [2.05, 4.69) is 5.73 Å². The quantitative estimate of drug-likeness (QED) is 0.277. The van der Waals surface area contributed by atoms with Gasteiger partial charge in [-0.05, 0) is 0 Å². The molecule has 0 spiro atoms. The smallest absolute Gasteiger partial charge is 0.450 e. The van der Waals surface area contributed by atoms with E-state index in [0.29, 0.717) is 0 Å². The first-order valence-corrected chi connectivity index (χ1v) is 2.52. The maximum atomic E-state index is 9.96. The van der Waals surface area contributed by atoms with Crippen LogP contribution in [0.4, 0.5) is 9.59 Å². The number of urea groups is 1. The Labute approximate surface area is 78.9 Å². The molecular formula is C4H14N4O6. The van der Waals surface area contributed by atoms with Crippen molar-refractivity contribution >= 4 is 18.1 Å². The second-order valence-electron chi connectivity index (χ2n) is 1.35. The van der Waals surface area contributed by atoms with Crippen LogP contribution in [0.1, 0.15) is 0 Å². The Morgan fingerprint density at radius 3 is 1.50 bits per heavy atom. The van der Waals surface area contributed by atoms with Crippen molar-refractivity contribution in [1.29, 1.82) is 0 Å². The minimum atomic E-state index is -1.83. The van der Waals surface area contributed by atoms with Gasteiger partial charge in [0, 0.05) is 0 Å². The van der Waals surface area contributed by atoms with Crippen molar-refractivity contribution in [3.05, 3.63) is 0 Å². The highest BCUT2D eigenvalue weighted by molar-refractivity contribution is 5.93. The summed E-state index contributed by atoms with van der Waals surface area (Å²) >= 11 is 0. The zero-order chi connectivity index (χ0) is 10.1. The topological polar surface area (TPSA) is 220 Å². The summed E-state index contributed by atoms with van der Waals surface area (Å²) in [5.74, 6) is -0.794. The van der Waals surface area contributed by atoms with E-state index in [1.165, 1.54) is 0 Å². The summed E-state index contributed by atoms with van der Waals surface area (Å²) in [6.45, 7) is -0.719. The Morgan fingerprint density at radius 2 is 1.43 bits per heavy atom. The van der Waals surface area contributed by atoms with E-state index in [0.717, 1.165) is 0 Å². The highest BCUT2D eigenvalue weighted by Crippen LogP contribution is 1.58. The van der Waals surface area contributed by atoms with Crippen molar-refractivity contribution in [2.75, 3.05) is 6.61 Å². The van der Waals surface area contributed by atoms with Gasteiger partial charge in [-0.3, -0.25) is 10.1 Å². The molecule has 10 heteroatoms. The Hall–Kier alpha value is -1.91. The number of aliphatic hydroxyl groups is 1. The molecule has 0 aromatic carbocycles. The number of carbonyl (C=O) groups is 3. The summed E-state index contributed by atoms with van der Waals surface area (Å²) in [5, 5.41) is 23.6. The minimum Gasteiger partial charge on any atom is -0.450 e. The number of carboxylic acid groups (broad SMARTS) is 2. The first kappa shape index (κ1) is 22.7. The maximum Gasteiger partial charge on any atom is 0.503 e. The summed E-state index contributed by atoms with van der Waals surface area (Å²) in [4.78, 5) is 28.3. The number of nitrogens with one attached hydrogen (secondary N) is 1. The van der Waals surface area contributed by atoms with E-state index < -0.39 is 24.7 Å². The van der Waals surface area contributed by atoms with Crippen LogP contribution in [0, 0.1) is 0 Å². The van der Waals surface area contributed by atoms with Gasteiger partial charge in [0.05, 0.1) is 0 Å². The highest BCUT2D eigenvalue weighted by atomic mass is 16.6. The number of imide groups is 1. The van der Waals surface area contributed by atoms with Gasteiger partial charge >= 0.3 is 12.2 Å². The first-order valence-electron chi connectivity index (χ1n) is 2.52. The fourth-order valence-corrected chi connectivity index (χ4v) is 0.177. The summed E-state index contributed by atoms with van der Waals surface area (Å²) < 4.78 is 0. The van der Waals surface area contributed by atoms with Crippen molar-refractivity contribution in [3.8, 4) is 0 Å². The van der Waals surface area contributed by atoms with Gasteiger partial charge in [-0.1, -0.05) is 0 Å². The fraction of sp³-hybridized carbons (Fsp3) is 0.250. The lowest BCUT2D eigenvalue weighted by Crippen LogP contribution is -2.36. The summed E-state index contributed by atoms with van der Waals surface area (Å²) in [7, 11) is 0. The minimum absolute atomic E-state index is 0. The van der Waals surface area contributed by atoms with Crippen molar-refractivity contribution in [3.63, 3.8) is 0 Å². The van der Waals surface area contributed by atoms with Gasteiger partial charge in [-0.25, -0.2) is 9.59 Å². The number of hydrogen-bond acceptors (Lipinski definition) is 6. The van der Waals surface area contributed by atoms with Crippen LogP contribution in [0.3, 0.4) is 0 Å². The van der Waals surface area contributed by atoms with Gasteiger partial charge in [0.25, 0.3) is 5.91 Å². The lowest BCUT2D eigenvalue weighted by atomic mass is 10.6. The number of aliphatic hydroxyl groups excluding tert-OH is 1. The van der Waals surface area contributed by atoms with Gasteiger partial charge in [0.15, 0.2) is 0 Å².